The van der Waals surface area contributed by atoms with Crippen molar-refractivity contribution in [3.63, 3.8) is 0 Å². The van der Waals surface area contributed by atoms with Crippen molar-refractivity contribution in [3.05, 3.63) is 11.1 Å². The van der Waals surface area contributed by atoms with Crippen LogP contribution in [0.2, 0.25) is 0 Å². The Kier molecular flexibility index (Phi) is 6.55. The fraction of sp³-hybridized carbons (Fsp3) is 0.714. The van der Waals surface area contributed by atoms with E-state index in [0.29, 0.717) is 31.8 Å². The molecule has 1 heterocycles. The predicted molar refractivity (Wildman–Crippen MR) is 79.9 cm³/mol. The minimum Gasteiger partial charge on any atom is -0.350 e. The molecule has 0 radical (unpaired) electrons. The number of hydrogen-bond acceptors (Lipinski definition) is 2. The number of nitrogens with one attached hydrogen (secondary N) is 1. The minimum absolute atomic E-state index is 0.0791. The highest BCUT2D eigenvalue weighted by Gasteiger charge is 2.31. The molecular formula is C14H23BrN2O2. The average molecular weight is 331 g/mol. The molecule has 1 atom stereocenters. The smallest absolute Gasteiger partial charge is 0.243 e. The SMILES string of the molecule is C=C(Br)CNC(=O)[C@@H](CC(C)C)N1CCCCC1=O. The molecule has 0 saturated carbocycles. The van der Waals surface area contributed by atoms with E-state index in [1.54, 1.807) is 4.90 Å². The highest BCUT2D eigenvalue weighted by Crippen LogP contribution is 2.19. The fourth-order valence-corrected chi connectivity index (χ4v) is 2.42. The second-order valence-electron chi connectivity index (χ2n) is 5.42. The summed E-state index contributed by atoms with van der Waals surface area (Å²) >= 11 is 3.22. The summed E-state index contributed by atoms with van der Waals surface area (Å²) in [6, 6.07) is -0.348. The van der Waals surface area contributed by atoms with E-state index in [1.807, 2.05) is 0 Å². The van der Waals surface area contributed by atoms with Gasteiger partial charge in [0.1, 0.15) is 6.04 Å². The van der Waals surface area contributed by atoms with Gasteiger partial charge in [-0.05, 0) is 25.2 Å². The number of halogens is 1. The van der Waals surface area contributed by atoms with Crippen LogP contribution in [0.15, 0.2) is 11.1 Å². The van der Waals surface area contributed by atoms with Crippen molar-refractivity contribution in [3.8, 4) is 0 Å². The first-order valence-corrected chi connectivity index (χ1v) is 7.61. The average Bonchev–Trinajstić information content (AvgIpc) is 2.33. The maximum absolute atomic E-state index is 12.3. The molecule has 4 nitrogen and oxygen atoms in total. The van der Waals surface area contributed by atoms with E-state index in [4.69, 9.17) is 0 Å². The first kappa shape index (κ1) is 16.2. The van der Waals surface area contributed by atoms with Crippen LogP contribution < -0.4 is 5.32 Å². The van der Waals surface area contributed by atoms with Crippen LogP contribution in [-0.4, -0.2) is 35.8 Å². The zero-order valence-electron chi connectivity index (χ0n) is 11.7. The molecule has 0 spiro atoms. The molecule has 1 saturated heterocycles. The Morgan fingerprint density at radius 3 is 2.68 bits per heavy atom. The van der Waals surface area contributed by atoms with Crippen LogP contribution in [0.3, 0.4) is 0 Å². The third kappa shape index (κ3) is 5.35. The zero-order valence-corrected chi connectivity index (χ0v) is 13.3. The summed E-state index contributed by atoms with van der Waals surface area (Å²) in [7, 11) is 0. The molecule has 2 amide bonds. The lowest BCUT2D eigenvalue weighted by Gasteiger charge is -2.34. The Morgan fingerprint density at radius 1 is 1.47 bits per heavy atom. The third-order valence-corrected chi connectivity index (χ3v) is 3.47. The molecule has 1 rings (SSSR count). The van der Waals surface area contributed by atoms with E-state index >= 15 is 0 Å². The summed E-state index contributed by atoms with van der Waals surface area (Å²) < 4.78 is 0.731. The number of hydrogen-bond donors (Lipinski definition) is 1. The first-order valence-electron chi connectivity index (χ1n) is 6.82. The Bertz CT molecular complexity index is 355. The van der Waals surface area contributed by atoms with Crippen LogP contribution >= 0.6 is 15.9 Å². The molecule has 0 aliphatic carbocycles. The molecule has 0 aromatic rings. The monoisotopic (exact) mass is 330 g/mol. The van der Waals surface area contributed by atoms with Gasteiger partial charge in [0.05, 0.1) is 0 Å². The number of likely N-dealkylation sites (tertiary alicyclic amines) is 1. The Labute approximate surface area is 123 Å². The van der Waals surface area contributed by atoms with Crippen LogP contribution in [0.25, 0.3) is 0 Å². The zero-order chi connectivity index (χ0) is 14.4. The summed E-state index contributed by atoms with van der Waals surface area (Å²) in [5.74, 6) is 0.395. The molecule has 1 aliphatic heterocycles. The Morgan fingerprint density at radius 2 is 2.16 bits per heavy atom. The van der Waals surface area contributed by atoms with Crippen LogP contribution in [0, 0.1) is 5.92 Å². The van der Waals surface area contributed by atoms with Gasteiger partial charge in [-0.25, -0.2) is 0 Å². The molecule has 0 bridgehead atoms. The van der Waals surface area contributed by atoms with Crippen molar-refractivity contribution < 1.29 is 9.59 Å². The first-order chi connectivity index (χ1) is 8.91. The molecule has 1 fully saturated rings. The van der Waals surface area contributed by atoms with Crippen LogP contribution in [0.4, 0.5) is 0 Å². The highest BCUT2D eigenvalue weighted by atomic mass is 79.9. The summed E-state index contributed by atoms with van der Waals surface area (Å²) in [5.41, 5.74) is 0. The van der Waals surface area contributed by atoms with Gasteiger partial charge in [0.2, 0.25) is 11.8 Å². The van der Waals surface area contributed by atoms with Crippen molar-refractivity contribution in [2.45, 2.75) is 45.6 Å². The summed E-state index contributed by atoms with van der Waals surface area (Å²) in [6.45, 7) is 8.92. The minimum atomic E-state index is -0.348. The van der Waals surface area contributed by atoms with E-state index in [2.05, 4.69) is 41.7 Å². The molecule has 1 aliphatic rings. The second-order valence-corrected chi connectivity index (χ2v) is 6.55. The largest absolute Gasteiger partial charge is 0.350 e. The summed E-state index contributed by atoms with van der Waals surface area (Å²) in [4.78, 5) is 26.0. The maximum Gasteiger partial charge on any atom is 0.243 e. The topological polar surface area (TPSA) is 49.4 Å². The molecule has 0 aromatic carbocycles. The number of carbonyl (C=O) groups excluding carboxylic acids is 2. The molecule has 5 heteroatoms. The van der Waals surface area contributed by atoms with Gasteiger partial charge in [-0.15, -0.1) is 0 Å². The molecule has 0 aromatic heterocycles. The van der Waals surface area contributed by atoms with Gasteiger partial charge >= 0.3 is 0 Å². The van der Waals surface area contributed by atoms with Crippen molar-refractivity contribution in [2.75, 3.05) is 13.1 Å². The normalized spacial score (nSPS) is 17.5. The van der Waals surface area contributed by atoms with Gasteiger partial charge in [-0.1, -0.05) is 36.4 Å². The van der Waals surface area contributed by atoms with E-state index in [1.165, 1.54) is 0 Å². The van der Waals surface area contributed by atoms with Crippen LogP contribution in [0.1, 0.15) is 39.5 Å². The van der Waals surface area contributed by atoms with E-state index < -0.39 is 0 Å². The maximum atomic E-state index is 12.3. The van der Waals surface area contributed by atoms with E-state index in [-0.39, 0.29) is 17.9 Å². The lowest BCUT2D eigenvalue weighted by molar-refractivity contribution is -0.142. The van der Waals surface area contributed by atoms with Gasteiger partial charge in [0.15, 0.2) is 0 Å². The van der Waals surface area contributed by atoms with Crippen LogP contribution in [0.5, 0.6) is 0 Å². The molecule has 0 unspecified atom stereocenters. The molecule has 108 valence electrons. The van der Waals surface area contributed by atoms with Crippen molar-refractivity contribution in [1.29, 1.82) is 0 Å². The van der Waals surface area contributed by atoms with Crippen LogP contribution in [-0.2, 0) is 9.59 Å². The van der Waals surface area contributed by atoms with Gasteiger partial charge in [0, 0.05) is 24.0 Å². The lowest BCUT2D eigenvalue weighted by Crippen LogP contribution is -2.52. The quantitative estimate of drug-likeness (QED) is 0.813. The Balaban J connectivity index is 2.72. The number of piperidine rings is 1. The van der Waals surface area contributed by atoms with E-state index in [0.717, 1.165) is 17.3 Å². The molecular weight excluding hydrogens is 308 g/mol. The summed E-state index contributed by atoms with van der Waals surface area (Å²) in [5, 5.41) is 2.83. The summed E-state index contributed by atoms with van der Waals surface area (Å²) in [6.07, 6.45) is 3.18. The number of carbonyl (C=O) groups is 2. The standard InChI is InChI=1S/C14H23BrN2O2/c1-10(2)8-12(14(19)16-9-11(3)15)17-7-5-4-6-13(17)18/h10,12H,3-9H2,1-2H3,(H,16,19)/t12-/m1/s1. The van der Waals surface area contributed by atoms with Crippen molar-refractivity contribution in [2.24, 2.45) is 5.92 Å². The number of rotatable bonds is 6. The highest BCUT2D eigenvalue weighted by molar-refractivity contribution is 9.11. The van der Waals surface area contributed by atoms with E-state index in [9.17, 15) is 9.59 Å². The second kappa shape index (κ2) is 7.68. The van der Waals surface area contributed by atoms with Gasteiger partial charge < -0.3 is 10.2 Å². The van der Waals surface area contributed by atoms with Crippen molar-refractivity contribution >= 4 is 27.7 Å². The van der Waals surface area contributed by atoms with Gasteiger partial charge in [0.25, 0.3) is 0 Å². The predicted octanol–water partition coefficient (Wildman–Crippen LogP) is 2.44. The molecule has 1 N–H and O–H groups in total. The van der Waals surface area contributed by atoms with Gasteiger partial charge in [-0.3, -0.25) is 9.59 Å². The number of nitrogens with zero attached hydrogens (tertiary/aromatic N) is 1. The lowest BCUT2D eigenvalue weighted by atomic mass is 9.98. The fourth-order valence-electron chi connectivity index (χ4n) is 2.28. The Hall–Kier alpha value is -0.840. The van der Waals surface area contributed by atoms with Gasteiger partial charge in [-0.2, -0.15) is 0 Å². The molecule has 19 heavy (non-hydrogen) atoms. The van der Waals surface area contributed by atoms with Crippen molar-refractivity contribution in [1.82, 2.24) is 10.2 Å². The third-order valence-electron chi connectivity index (χ3n) is 3.19. The number of amides is 2.